The molecule has 0 amide bonds. The molecule has 0 saturated heterocycles. The van der Waals surface area contributed by atoms with Crippen LogP contribution >= 0.6 is 11.3 Å². The number of aliphatic imine (C=N–C) groups is 1. The molecule has 0 radical (unpaired) electrons. The molecule has 0 saturated carbocycles. The summed E-state index contributed by atoms with van der Waals surface area (Å²) in [6, 6.07) is 10.1. The van der Waals surface area contributed by atoms with Crippen LogP contribution in [-0.2, 0) is 6.61 Å². The first kappa shape index (κ1) is 24.3. The van der Waals surface area contributed by atoms with Crippen molar-refractivity contribution in [1.82, 2.24) is 14.9 Å². The molecule has 2 aromatic heterocycles. The fraction of sp³-hybridized carbons (Fsp3) is 0.462. The number of hydrogen-bond acceptors (Lipinski definition) is 7. The van der Waals surface area contributed by atoms with E-state index in [0.29, 0.717) is 11.6 Å². The van der Waals surface area contributed by atoms with Crippen LogP contribution in [-0.4, -0.2) is 44.5 Å². The monoisotopic (exact) mass is 478 g/mol. The van der Waals surface area contributed by atoms with Gasteiger partial charge in [0.2, 0.25) is 5.82 Å². The van der Waals surface area contributed by atoms with Crippen molar-refractivity contribution < 1.29 is 5.11 Å². The Kier molecular flexibility index (Phi) is 7.00. The van der Waals surface area contributed by atoms with Gasteiger partial charge in [0.15, 0.2) is 5.82 Å². The molecule has 0 aliphatic carbocycles. The molecular weight excluding hydrogens is 444 g/mol. The van der Waals surface area contributed by atoms with E-state index >= 15 is 0 Å². The van der Waals surface area contributed by atoms with E-state index in [1.54, 1.807) is 16.1 Å². The Morgan fingerprint density at radius 1 is 1.15 bits per heavy atom. The predicted octanol–water partition coefficient (Wildman–Crippen LogP) is 5.82. The number of unbranched alkanes of at least 4 members (excludes halogenated alkanes) is 1. The number of aromatic nitrogens is 3. The third-order valence-corrected chi connectivity index (χ3v) is 7.06. The van der Waals surface area contributed by atoms with Crippen molar-refractivity contribution >= 4 is 32.8 Å². The van der Waals surface area contributed by atoms with Gasteiger partial charge in [-0.15, -0.1) is 9.89 Å². The van der Waals surface area contributed by atoms with Gasteiger partial charge in [-0.25, -0.2) is 9.98 Å². The van der Waals surface area contributed by atoms with E-state index in [9.17, 15) is 5.11 Å². The van der Waals surface area contributed by atoms with Gasteiger partial charge in [-0.2, -0.15) is 5.10 Å². The molecule has 0 unspecified atom stereocenters. The highest BCUT2D eigenvalue weighted by molar-refractivity contribution is 7.19. The quantitative estimate of drug-likeness (QED) is 0.442. The van der Waals surface area contributed by atoms with Crippen LogP contribution < -0.4 is 4.90 Å². The molecule has 1 N–H and O–H groups in total. The Bertz CT molecular complexity index is 1230. The minimum absolute atomic E-state index is 0.0622. The molecule has 0 atom stereocenters. The lowest BCUT2D eigenvalue weighted by Crippen LogP contribution is -2.27. The molecule has 1 aliphatic rings. The summed E-state index contributed by atoms with van der Waals surface area (Å²) in [4.78, 5) is 13.9. The minimum Gasteiger partial charge on any atom is -0.392 e. The van der Waals surface area contributed by atoms with Gasteiger partial charge in [-0.05, 0) is 43.5 Å². The lowest BCUT2D eigenvalue weighted by Gasteiger charge is -2.20. The summed E-state index contributed by atoms with van der Waals surface area (Å²) in [5, 5.41) is 21.5. The fourth-order valence-electron chi connectivity index (χ4n) is 4.04. The van der Waals surface area contributed by atoms with Crippen molar-refractivity contribution in [3.63, 3.8) is 0 Å². The van der Waals surface area contributed by atoms with E-state index in [4.69, 9.17) is 15.1 Å². The lowest BCUT2D eigenvalue weighted by molar-refractivity contribution is 0.281. The number of rotatable bonds is 8. The summed E-state index contributed by atoms with van der Waals surface area (Å²) < 4.78 is 0. The molecule has 4 rings (SSSR count). The molecule has 3 aromatic rings. The number of aliphatic hydroxyl groups is 1. The molecule has 1 aromatic carbocycles. The molecule has 0 fully saturated rings. The van der Waals surface area contributed by atoms with Gasteiger partial charge >= 0.3 is 0 Å². The van der Waals surface area contributed by atoms with Gasteiger partial charge in [-0.1, -0.05) is 63.7 Å². The van der Waals surface area contributed by atoms with Crippen molar-refractivity contribution in [1.29, 1.82) is 0 Å². The molecule has 7 nitrogen and oxygen atoms in total. The van der Waals surface area contributed by atoms with Crippen LogP contribution in [0.25, 0.3) is 11.4 Å². The van der Waals surface area contributed by atoms with E-state index in [2.05, 4.69) is 56.8 Å². The number of hydrogen-bond donors (Lipinski definition) is 1. The normalized spacial score (nSPS) is 14.6. The second kappa shape index (κ2) is 9.80. The number of anilines is 1. The molecular formula is C26H34N6OS. The van der Waals surface area contributed by atoms with Crippen LogP contribution in [0, 0.1) is 12.3 Å². The first-order valence-corrected chi connectivity index (χ1v) is 12.8. The molecule has 180 valence electrons. The van der Waals surface area contributed by atoms with Crippen molar-refractivity contribution in [2.45, 2.75) is 61.0 Å². The highest BCUT2D eigenvalue weighted by atomic mass is 32.1. The Morgan fingerprint density at radius 3 is 2.62 bits per heavy atom. The van der Waals surface area contributed by atoms with Gasteiger partial charge in [0.1, 0.15) is 10.7 Å². The third-order valence-electron chi connectivity index (χ3n) is 6.02. The SMILES string of the molecule is CCCCN(CC)c1ccc(/N=C2/C(C(C)(C)C)=Nn3nc(-c4cccc(C)c4CO)nc32)s1. The van der Waals surface area contributed by atoms with Gasteiger partial charge in [0.05, 0.1) is 17.3 Å². The van der Waals surface area contributed by atoms with Crippen LogP contribution in [0.1, 0.15) is 64.4 Å². The zero-order valence-corrected chi connectivity index (χ0v) is 21.8. The number of aryl methyl sites for hydroxylation is 1. The van der Waals surface area contributed by atoms with E-state index in [1.165, 1.54) is 17.8 Å². The fourth-order valence-corrected chi connectivity index (χ4v) is 5.02. The smallest absolute Gasteiger partial charge is 0.204 e. The molecule has 8 heteroatoms. The van der Waals surface area contributed by atoms with Crippen molar-refractivity contribution in [2.75, 3.05) is 18.0 Å². The van der Waals surface area contributed by atoms with Crippen molar-refractivity contribution in [3.05, 3.63) is 47.3 Å². The van der Waals surface area contributed by atoms with E-state index in [0.717, 1.165) is 46.2 Å². The van der Waals surface area contributed by atoms with Gasteiger partial charge in [-0.3, -0.25) is 0 Å². The van der Waals surface area contributed by atoms with E-state index in [1.807, 2.05) is 25.1 Å². The summed E-state index contributed by atoms with van der Waals surface area (Å²) in [5.41, 5.74) is 4.09. The summed E-state index contributed by atoms with van der Waals surface area (Å²) in [5.74, 6) is 1.19. The number of fused-ring (bicyclic) bond motifs is 1. The second-order valence-electron chi connectivity index (χ2n) is 9.61. The number of nitrogens with zero attached hydrogens (tertiary/aromatic N) is 6. The van der Waals surface area contributed by atoms with Crippen LogP contribution in [0.2, 0.25) is 0 Å². The van der Waals surface area contributed by atoms with E-state index < -0.39 is 0 Å². The molecule has 3 heterocycles. The largest absolute Gasteiger partial charge is 0.392 e. The predicted molar refractivity (Wildman–Crippen MR) is 142 cm³/mol. The summed E-state index contributed by atoms with van der Waals surface area (Å²) >= 11 is 1.69. The Hall–Kier alpha value is -2.84. The maximum atomic E-state index is 9.91. The van der Waals surface area contributed by atoms with E-state index in [-0.39, 0.29) is 12.0 Å². The third kappa shape index (κ3) is 4.70. The summed E-state index contributed by atoms with van der Waals surface area (Å²) in [6.07, 6.45) is 2.36. The highest BCUT2D eigenvalue weighted by Crippen LogP contribution is 2.35. The first-order valence-electron chi connectivity index (χ1n) is 12.0. The average molecular weight is 479 g/mol. The molecule has 0 bridgehead atoms. The maximum absolute atomic E-state index is 9.91. The van der Waals surface area contributed by atoms with Crippen LogP contribution in [0.3, 0.4) is 0 Å². The van der Waals surface area contributed by atoms with Gasteiger partial charge in [0, 0.05) is 24.1 Å². The number of aliphatic hydroxyl groups excluding tert-OH is 1. The maximum Gasteiger partial charge on any atom is 0.204 e. The summed E-state index contributed by atoms with van der Waals surface area (Å²) in [6.45, 7) is 14.7. The van der Waals surface area contributed by atoms with Gasteiger partial charge < -0.3 is 10.0 Å². The van der Waals surface area contributed by atoms with Crippen LogP contribution in [0.5, 0.6) is 0 Å². The molecule has 1 aliphatic heterocycles. The molecule has 0 spiro atoms. The highest BCUT2D eigenvalue weighted by Gasteiger charge is 2.35. The standard InChI is InChI=1S/C26H34N6OS/c1-7-9-15-31(8-2)21-14-13-20(34-21)27-22-23(26(4,5)6)29-32-25(22)28-24(30-32)18-12-10-11-17(3)19(18)16-33/h10-14,33H,7-9,15-16H2,1-6H3/b27-22-. The number of thiophene rings is 1. The molecule has 34 heavy (non-hydrogen) atoms. The van der Waals surface area contributed by atoms with Gasteiger partial charge in [0.25, 0.3) is 0 Å². The van der Waals surface area contributed by atoms with Crippen molar-refractivity contribution in [3.8, 4) is 11.4 Å². The lowest BCUT2D eigenvalue weighted by atomic mass is 9.87. The Labute approximate surface area is 205 Å². The van der Waals surface area contributed by atoms with Crippen LogP contribution in [0.4, 0.5) is 10.0 Å². The second-order valence-corrected chi connectivity index (χ2v) is 10.7. The zero-order valence-electron chi connectivity index (χ0n) is 21.0. The van der Waals surface area contributed by atoms with Crippen molar-refractivity contribution in [2.24, 2.45) is 15.5 Å². The topological polar surface area (TPSA) is 78.9 Å². The average Bonchev–Trinajstić information content (AvgIpc) is 3.50. The first-order chi connectivity index (χ1) is 16.3. The van der Waals surface area contributed by atoms with Crippen LogP contribution in [0.15, 0.2) is 40.4 Å². The Morgan fingerprint density at radius 2 is 1.94 bits per heavy atom. The summed E-state index contributed by atoms with van der Waals surface area (Å²) in [7, 11) is 0. The Balaban J connectivity index is 1.75. The minimum atomic E-state index is -0.211. The number of benzene rings is 1. The zero-order chi connectivity index (χ0) is 24.5.